The van der Waals surface area contributed by atoms with Crippen LogP contribution in [-0.2, 0) is 30.8 Å². The zero-order valence-corrected chi connectivity index (χ0v) is 17.1. The lowest BCUT2D eigenvalue weighted by Crippen LogP contribution is -2.41. The van der Waals surface area contributed by atoms with E-state index in [1.165, 1.54) is 6.07 Å². The first-order chi connectivity index (χ1) is 13.3. The Morgan fingerprint density at radius 2 is 1.79 bits per heavy atom. The van der Waals surface area contributed by atoms with E-state index >= 15 is 0 Å². The highest BCUT2D eigenvalue weighted by molar-refractivity contribution is 7.89. The number of amides is 2. The molecule has 0 aromatic heterocycles. The van der Waals surface area contributed by atoms with Crippen molar-refractivity contribution >= 4 is 27.5 Å². The number of hydrogen-bond acceptors (Lipinski definition) is 5. The van der Waals surface area contributed by atoms with Gasteiger partial charge in [0.1, 0.15) is 0 Å². The van der Waals surface area contributed by atoms with E-state index in [2.05, 4.69) is 4.72 Å². The van der Waals surface area contributed by atoms with Crippen molar-refractivity contribution < 1.29 is 22.7 Å². The number of nitrogens with one attached hydrogen (secondary N) is 1. The number of fused-ring (bicyclic) bond motifs is 1. The highest BCUT2D eigenvalue weighted by atomic mass is 32.2. The zero-order chi connectivity index (χ0) is 20.3. The van der Waals surface area contributed by atoms with Gasteiger partial charge in [-0.3, -0.25) is 9.59 Å². The molecular formula is C19H27N3O5S. The molecule has 2 heterocycles. The Morgan fingerprint density at radius 3 is 2.46 bits per heavy atom. The van der Waals surface area contributed by atoms with Crippen molar-refractivity contribution in [1.29, 1.82) is 0 Å². The van der Waals surface area contributed by atoms with Crippen molar-refractivity contribution in [3.63, 3.8) is 0 Å². The molecule has 0 unspecified atom stereocenters. The number of ether oxygens (including phenoxy) is 1. The lowest BCUT2D eigenvalue weighted by molar-refractivity contribution is -0.136. The Morgan fingerprint density at radius 1 is 1.11 bits per heavy atom. The second-order valence-corrected chi connectivity index (χ2v) is 9.07. The van der Waals surface area contributed by atoms with E-state index in [0.29, 0.717) is 39.3 Å². The summed E-state index contributed by atoms with van der Waals surface area (Å²) in [6.45, 7) is 6.25. The first kappa shape index (κ1) is 20.8. The van der Waals surface area contributed by atoms with Crippen molar-refractivity contribution in [2.75, 3.05) is 37.7 Å². The maximum absolute atomic E-state index is 12.6. The maximum Gasteiger partial charge on any atom is 0.240 e. The van der Waals surface area contributed by atoms with E-state index in [4.69, 9.17) is 4.74 Å². The lowest BCUT2D eigenvalue weighted by atomic mass is 10.2. The molecule has 0 saturated carbocycles. The van der Waals surface area contributed by atoms with Crippen LogP contribution in [0.4, 0.5) is 5.69 Å². The fourth-order valence-electron chi connectivity index (χ4n) is 3.50. The van der Waals surface area contributed by atoms with Gasteiger partial charge in [-0.15, -0.1) is 0 Å². The average Bonchev–Trinajstić information content (AvgIpc) is 3.09. The third kappa shape index (κ3) is 4.71. The smallest absolute Gasteiger partial charge is 0.240 e. The molecule has 9 heteroatoms. The second-order valence-electron chi connectivity index (χ2n) is 7.36. The topological polar surface area (TPSA) is 96.0 Å². The minimum Gasteiger partial charge on any atom is -0.378 e. The molecule has 0 radical (unpaired) electrons. The molecule has 1 saturated heterocycles. The molecular weight excluding hydrogens is 382 g/mol. The fourth-order valence-corrected chi connectivity index (χ4v) is 4.80. The zero-order valence-electron chi connectivity index (χ0n) is 16.3. The highest BCUT2D eigenvalue weighted by Gasteiger charge is 2.27. The van der Waals surface area contributed by atoms with Gasteiger partial charge in [-0.2, -0.15) is 0 Å². The number of benzene rings is 1. The molecule has 154 valence electrons. The largest absolute Gasteiger partial charge is 0.378 e. The van der Waals surface area contributed by atoms with Crippen molar-refractivity contribution in [2.24, 2.45) is 0 Å². The van der Waals surface area contributed by atoms with Crippen LogP contribution in [0.2, 0.25) is 0 Å². The molecule has 8 nitrogen and oxygen atoms in total. The Balaban J connectivity index is 1.63. The molecule has 1 aromatic rings. The van der Waals surface area contributed by atoms with Crippen molar-refractivity contribution in [1.82, 2.24) is 9.62 Å². The van der Waals surface area contributed by atoms with Gasteiger partial charge in [-0.1, -0.05) is 0 Å². The number of sulfonamides is 1. The van der Waals surface area contributed by atoms with E-state index in [1.807, 2.05) is 0 Å². The van der Waals surface area contributed by atoms with E-state index in [1.54, 1.807) is 35.8 Å². The van der Waals surface area contributed by atoms with Gasteiger partial charge in [0.05, 0.1) is 18.1 Å². The summed E-state index contributed by atoms with van der Waals surface area (Å²) in [6.07, 6.45) is 0.920. The summed E-state index contributed by atoms with van der Waals surface area (Å²) in [4.78, 5) is 28.4. The molecule has 1 N–H and O–H groups in total. The molecule has 0 spiro atoms. The monoisotopic (exact) mass is 409 g/mol. The van der Waals surface area contributed by atoms with E-state index in [-0.39, 0.29) is 35.6 Å². The normalized spacial score (nSPS) is 17.1. The predicted octanol–water partition coefficient (Wildman–Crippen LogP) is 0.901. The second kappa shape index (κ2) is 8.59. The van der Waals surface area contributed by atoms with Gasteiger partial charge in [-0.25, -0.2) is 13.1 Å². The van der Waals surface area contributed by atoms with Crippen LogP contribution in [-0.4, -0.2) is 64.0 Å². The van der Waals surface area contributed by atoms with Gasteiger partial charge in [-0.05, 0) is 44.0 Å². The highest BCUT2D eigenvalue weighted by Crippen LogP contribution is 2.31. The molecule has 1 fully saturated rings. The number of nitrogens with zero attached hydrogens (tertiary/aromatic N) is 2. The summed E-state index contributed by atoms with van der Waals surface area (Å²) in [6, 6.07) is 4.64. The Hall–Kier alpha value is -1.97. The van der Waals surface area contributed by atoms with E-state index in [9.17, 15) is 18.0 Å². The number of anilines is 1. The van der Waals surface area contributed by atoms with Crippen molar-refractivity contribution in [2.45, 2.75) is 44.0 Å². The summed E-state index contributed by atoms with van der Waals surface area (Å²) < 4.78 is 32.5. The number of hydrogen-bond donors (Lipinski definition) is 1. The maximum atomic E-state index is 12.6. The molecule has 28 heavy (non-hydrogen) atoms. The summed E-state index contributed by atoms with van der Waals surface area (Å²) in [5.41, 5.74) is 1.56. The number of carbonyl (C=O) groups is 2. The Labute approximate surface area is 165 Å². The minimum absolute atomic E-state index is 0.0303. The number of rotatable bonds is 6. The molecule has 1 aromatic carbocycles. The van der Waals surface area contributed by atoms with Crippen LogP contribution >= 0.6 is 0 Å². The number of carbonyl (C=O) groups excluding carboxylic acids is 2. The van der Waals surface area contributed by atoms with Crippen LogP contribution in [0.15, 0.2) is 23.1 Å². The summed E-state index contributed by atoms with van der Waals surface area (Å²) in [7, 11) is -3.57. The molecule has 2 amide bonds. The standard InChI is InChI=1S/C19H27N3O5S/c1-14(2)20-28(25,26)16-3-4-17-15(13-16)7-8-22(17)19(24)6-5-18(23)21-9-11-27-12-10-21/h3-4,13-14,20H,5-12H2,1-2H3. The predicted molar refractivity (Wildman–Crippen MR) is 105 cm³/mol. The molecule has 0 bridgehead atoms. The van der Waals surface area contributed by atoms with Gasteiger partial charge in [0.25, 0.3) is 0 Å². The first-order valence-corrected chi connectivity index (χ1v) is 11.1. The van der Waals surface area contributed by atoms with Crippen LogP contribution in [0.1, 0.15) is 32.3 Å². The quantitative estimate of drug-likeness (QED) is 0.753. The molecule has 3 rings (SSSR count). The molecule has 2 aliphatic rings. The Kier molecular flexibility index (Phi) is 6.36. The van der Waals surface area contributed by atoms with E-state index < -0.39 is 10.0 Å². The third-order valence-electron chi connectivity index (χ3n) is 4.87. The molecule has 0 atom stereocenters. The Bertz CT molecular complexity index is 847. The van der Waals surface area contributed by atoms with Gasteiger partial charge >= 0.3 is 0 Å². The molecule has 2 aliphatic heterocycles. The van der Waals surface area contributed by atoms with Crippen LogP contribution < -0.4 is 9.62 Å². The number of morpholine rings is 1. The van der Waals surface area contributed by atoms with Crippen LogP contribution in [0, 0.1) is 0 Å². The van der Waals surface area contributed by atoms with Gasteiger partial charge < -0.3 is 14.5 Å². The summed E-state index contributed by atoms with van der Waals surface area (Å²) >= 11 is 0. The third-order valence-corrected chi connectivity index (χ3v) is 6.52. The van der Waals surface area contributed by atoms with E-state index in [0.717, 1.165) is 11.3 Å². The van der Waals surface area contributed by atoms with Gasteiger partial charge in [0.2, 0.25) is 21.8 Å². The fraction of sp³-hybridized carbons (Fsp3) is 0.579. The van der Waals surface area contributed by atoms with Gasteiger partial charge in [0.15, 0.2) is 0 Å². The van der Waals surface area contributed by atoms with Crippen molar-refractivity contribution in [3.8, 4) is 0 Å². The first-order valence-electron chi connectivity index (χ1n) is 9.59. The molecule has 0 aliphatic carbocycles. The summed E-state index contributed by atoms with van der Waals surface area (Å²) in [5, 5.41) is 0. The minimum atomic E-state index is -3.57. The summed E-state index contributed by atoms with van der Waals surface area (Å²) in [5.74, 6) is -0.145. The van der Waals surface area contributed by atoms with Crippen molar-refractivity contribution in [3.05, 3.63) is 23.8 Å². The average molecular weight is 410 g/mol. The SMILES string of the molecule is CC(C)NS(=O)(=O)c1ccc2c(c1)CCN2C(=O)CCC(=O)N1CCOCC1. The van der Waals surface area contributed by atoms with Crippen LogP contribution in [0.5, 0.6) is 0 Å². The lowest BCUT2D eigenvalue weighted by Gasteiger charge is -2.27. The van der Waals surface area contributed by atoms with Crippen LogP contribution in [0.25, 0.3) is 0 Å². The van der Waals surface area contributed by atoms with Crippen LogP contribution in [0.3, 0.4) is 0 Å². The van der Waals surface area contributed by atoms with Gasteiger partial charge in [0, 0.05) is 44.2 Å².